The lowest BCUT2D eigenvalue weighted by Crippen LogP contribution is -2.40. The molecule has 0 bridgehead atoms. The average molecular weight is 397 g/mol. The van der Waals surface area contributed by atoms with Crippen LogP contribution in [-0.4, -0.2) is 56.2 Å². The molecule has 3 rings (SSSR count). The third kappa shape index (κ3) is 6.22. The van der Waals surface area contributed by atoms with E-state index in [4.69, 9.17) is 9.47 Å². The molecule has 2 N–H and O–H groups in total. The molecule has 0 aliphatic carbocycles. The number of morpholine rings is 1. The molecule has 2 amide bonds. The van der Waals surface area contributed by atoms with Gasteiger partial charge < -0.3 is 25.0 Å². The summed E-state index contributed by atoms with van der Waals surface area (Å²) >= 11 is 0. The number of carbonyl (C=O) groups is 2. The number of ether oxygens (including phenoxy) is 2. The summed E-state index contributed by atoms with van der Waals surface area (Å²) in [4.78, 5) is 26.4. The van der Waals surface area contributed by atoms with Crippen molar-refractivity contribution in [2.75, 3.05) is 50.1 Å². The average Bonchev–Trinajstić information content (AvgIpc) is 2.77. The number of nitrogens with one attached hydrogen (secondary N) is 2. The van der Waals surface area contributed by atoms with Crippen LogP contribution in [0.25, 0.3) is 0 Å². The fourth-order valence-corrected chi connectivity index (χ4v) is 2.92. The Bertz CT molecular complexity index is 800. The topological polar surface area (TPSA) is 79.9 Å². The summed E-state index contributed by atoms with van der Waals surface area (Å²) in [6, 6.07) is 14.5. The lowest BCUT2D eigenvalue weighted by Gasteiger charge is -2.26. The zero-order valence-electron chi connectivity index (χ0n) is 16.6. The molecule has 2 aromatic rings. The first-order valence-corrected chi connectivity index (χ1v) is 9.89. The van der Waals surface area contributed by atoms with Crippen LogP contribution in [-0.2, 0) is 9.53 Å². The first-order valence-electron chi connectivity index (χ1n) is 9.89. The maximum atomic E-state index is 12.4. The van der Waals surface area contributed by atoms with Crippen molar-refractivity contribution >= 4 is 23.2 Å². The van der Waals surface area contributed by atoms with Crippen molar-refractivity contribution in [3.8, 4) is 5.75 Å². The van der Waals surface area contributed by atoms with Gasteiger partial charge in [-0.3, -0.25) is 9.59 Å². The van der Waals surface area contributed by atoms with Gasteiger partial charge >= 0.3 is 0 Å². The Morgan fingerprint density at radius 2 is 1.66 bits per heavy atom. The maximum absolute atomic E-state index is 12.4. The second-order valence-corrected chi connectivity index (χ2v) is 6.76. The quantitative estimate of drug-likeness (QED) is 0.716. The fourth-order valence-electron chi connectivity index (χ4n) is 2.92. The Labute approximate surface area is 171 Å². The predicted octanol–water partition coefficient (Wildman–Crippen LogP) is 3.00. The summed E-state index contributed by atoms with van der Waals surface area (Å²) in [6.07, 6.45) is 0.961. The third-order valence-corrected chi connectivity index (χ3v) is 4.49. The molecule has 0 unspecified atom stereocenters. The van der Waals surface area contributed by atoms with Gasteiger partial charge in [0.1, 0.15) is 5.75 Å². The summed E-state index contributed by atoms with van der Waals surface area (Å²) < 4.78 is 10.8. The second kappa shape index (κ2) is 10.5. The van der Waals surface area contributed by atoms with Crippen molar-refractivity contribution in [2.24, 2.45) is 0 Å². The van der Waals surface area contributed by atoms with Crippen LogP contribution in [0.3, 0.4) is 0 Å². The van der Waals surface area contributed by atoms with Crippen molar-refractivity contribution in [1.29, 1.82) is 0 Å². The van der Waals surface area contributed by atoms with Crippen molar-refractivity contribution in [3.63, 3.8) is 0 Å². The number of anilines is 2. The van der Waals surface area contributed by atoms with E-state index in [1.54, 1.807) is 29.2 Å². The van der Waals surface area contributed by atoms with E-state index in [9.17, 15) is 9.59 Å². The van der Waals surface area contributed by atoms with E-state index in [2.05, 4.69) is 17.6 Å². The van der Waals surface area contributed by atoms with E-state index in [1.165, 1.54) is 0 Å². The Morgan fingerprint density at radius 3 is 2.31 bits per heavy atom. The number of rotatable bonds is 8. The van der Waals surface area contributed by atoms with E-state index in [0.717, 1.165) is 17.9 Å². The number of hydrogen-bond acceptors (Lipinski definition) is 5. The highest BCUT2D eigenvalue weighted by atomic mass is 16.5. The first kappa shape index (κ1) is 20.7. The number of nitrogens with zero attached hydrogens (tertiary/aromatic N) is 1. The number of carbonyl (C=O) groups excluding carboxylic acids is 2. The minimum absolute atomic E-state index is 0.0146. The molecular weight excluding hydrogens is 370 g/mol. The summed E-state index contributed by atoms with van der Waals surface area (Å²) in [5.41, 5.74) is 2.10. The van der Waals surface area contributed by atoms with Gasteiger partial charge in [0.05, 0.1) is 26.4 Å². The third-order valence-electron chi connectivity index (χ3n) is 4.49. The normalized spacial score (nSPS) is 13.6. The molecule has 154 valence electrons. The molecule has 0 saturated carbocycles. The molecule has 0 aromatic heterocycles. The maximum Gasteiger partial charge on any atom is 0.254 e. The molecule has 2 aromatic carbocycles. The van der Waals surface area contributed by atoms with Gasteiger partial charge in [-0.25, -0.2) is 0 Å². The van der Waals surface area contributed by atoms with Gasteiger partial charge in [-0.2, -0.15) is 0 Å². The van der Waals surface area contributed by atoms with Gasteiger partial charge in [0.15, 0.2) is 0 Å². The zero-order chi connectivity index (χ0) is 20.5. The van der Waals surface area contributed by atoms with Gasteiger partial charge in [0.25, 0.3) is 5.91 Å². The minimum atomic E-state index is -0.163. The van der Waals surface area contributed by atoms with Crippen molar-refractivity contribution in [1.82, 2.24) is 4.90 Å². The van der Waals surface area contributed by atoms with Gasteiger partial charge in [0.2, 0.25) is 5.91 Å². The molecule has 1 saturated heterocycles. The second-order valence-electron chi connectivity index (χ2n) is 6.76. The molecular formula is C22H27N3O4. The summed E-state index contributed by atoms with van der Waals surface area (Å²) in [5.74, 6) is 0.635. The van der Waals surface area contributed by atoms with Crippen LogP contribution in [0.4, 0.5) is 11.4 Å². The summed E-state index contributed by atoms with van der Waals surface area (Å²) in [6.45, 7) is 5.24. The highest BCUT2D eigenvalue weighted by Crippen LogP contribution is 2.16. The van der Waals surface area contributed by atoms with E-state index >= 15 is 0 Å². The smallest absolute Gasteiger partial charge is 0.254 e. The van der Waals surface area contributed by atoms with Gasteiger partial charge in [-0.05, 0) is 55.0 Å². The monoisotopic (exact) mass is 397 g/mol. The van der Waals surface area contributed by atoms with Crippen LogP contribution >= 0.6 is 0 Å². The molecule has 0 radical (unpaired) electrons. The van der Waals surface area contributed by atoms with Crippen LogP contribution in [0.15, 0.2) is 48.5 Å². The highest BCUT2D eigenvalue weighted by molar-refractivity contribution is 5.96. The molecule has 1 aliphatic heterocycles. The molecule has 29 heavy (non-hydrogen) atoms. The van der Waals surface area contributed by atoms with Crippen molar-refractivity contribution in [3.05, 3.63) is 54.1 Å². The standard InChI is InChI=1S/C22H27N3O4/c1-2-13-29-20-9-7-18(8-10-20)23-16-21(26)24-19-5-3-17(4-6-19)22(27)25-11-14-28-15-12-25/h3-10,23H,2,11-16H2,1H3,(H,24,26). The molecule has 1 heterocycles. The highest BCUT2D eigenvalue weighted by Gasteiger charge is 2.18. The van der Waals surface area contributed by atoms with E-state index in [-0.39, 0.29) is 18.4 Å². The summed E-state index contributed by atoms with van der Waals surface area (Å²) in [7, 11) is 0. The van der Waals surface area contributed by atoms with Crippen LogP contribution in [0.1, 0.15) is 23.7 Å². The number of amides is 2. The fraction of sp³-hybridized carbons (Fsp3) is 0.364. The van der Waals surface area contributed by atoms with E-state index in [0.29, 0.717) is 44.2 Å². The van der Waals surface area contributed by atoms with E-state index < -0.39 is 0 Å². The zero-order valence-corrected chi connectivity index (χ0v) is 16.6. The molecule has 7 nitrogen and oxygen atoms in total. The van der Waals surface area contributed by atoms with Crippen molar-refractivity contribution in [2.45, 2.75) is 13.3 Å². The molecule has 7 heteroatoms. The lowest BCUT2D eigenvalue weighted by molar-refractivity contribution is -0.114. The van der Waals surface area contributed by atoms with Gasteiger partial charge in [-0.1, -0.05) is 6.92 Å². The van der Waals surface area contributed by atoms with Crippen LogP contribution < -0.4 is 15.4 Å². The molecule has 0 spiro atoms. The molecule has 0 atom stereocenters. The number of benzene rings is 2. The van der Waals surface area contributed by atoms with Crippen LogP contribution in [0.2, 0.25) is 0 Å². The van der Waals surface area contributed by atoms with E-state index in [1.807, 2.05) is 24.3 Å². The summed E-state index contributed by atoms with van der Waals surface area (Å²) in [5, 5.41) is 5.91. The minimum Gasteiger partial charge on any atom is -0.494 e. The van der Waals surface area contributed by atoms with Crippen molar-refractivity contribution < 1.29 is 19.1 Å². The Morgan fingerprint density at radius 1 is 1.00 bits per heavy atom. The van der Waals surface area contributed by atoms with Gasteiger partial charge in [0, 0.05) is 30.0 Å². The van der Waals surface area contributed by atoms with Crippen LogP contribution in [0, 0.1) is 0 Å². The van der Waals surface area contributed by atoms with Crippen LogP contribution in [0.5, 0.6) is 5.75 Å². The lowest BCUT2D eigenvalue weighted by atomic mass is 10.1. The Balaban J connectivity index is 1.46. The SMILES string of the molecule is CCCOc1ccc(NCC(=O)Nc2ccc(C(=O)N3CCOCC3)cc2)cc1. The van der Waals surface area contributed by atoms with Gasteiger partial charge in [-0.15, -0.1) is 0 Å². The Kier molecular flexibility index (Phi) is 7.47. The molecule has 1 fully saturated rings. The first-order chi connectivity index (χ1) is 14.2. The largest absolute Gasteiger partial charge is 0.494 e. The molecule has 1 aliphatic rings. The Hall–Kier alpha value is -3.06. The number of hydrogen-bond donors (Lipinski definition) is 2. The predicted molar refractivity (Wildman–Crippen MR) is 113 cm³/mol.